The van der Waals surface area contributed by atoms with Crippen molar-refractivity contribution in [1.82, 2.24) is 14.9 Å². The first-order chi connectivity index (χ1) is 17.8. The predicted molar refractivity (Wildman–Crippen MR) is 145 cm³/mol. The summed E-state index contributed by atoms with van der Waals surface area (Å²) < 4.78 is 0. The van der Waals surface area contributed by atoms with E-state index in [1.807, 2.05) is 36.4 Å². The number of hydrogen-bond acceptors (Lipinski definition) is 5. The Kier molecular flexibility index (Phi) is 6.06. The van der Waals surface area contributed by atoms with Gasteiger partial charge in [-0.25, -0.2) is 9.97 Å². The van der Waals surface area contributed by atoms with Crippen LogP contribution in [0.3, 0.4) is 0 Å². The molecule has 6 rings (SSSR count). The Balaban J connectivity index is 1.32. The summed E-state index contributed by atoms with van der Waals surface area (Å²) in [5.41, 5.74) is 4.16. The van der Waals surface area contributed by atoms with Gasteiger partial charge in [-0.1, -0.05) is 84.9 Å². The van der Waals surface area contributed by atoms with Gasteiger partial charge in [-0.05, 0) is 35.4 Å². The van der Waals surface area contributed by atoms with E-state index >= 15 is 0 Å². The van der Waals surface area contributed by atoms with Crippen molar-refractivity contribution in [2.45, 2.75) is 6.04 Å². The Morgan fingerprint density at radius 2 is 1.19 bits per heavy atom. The maximum Gasteiger partial charge on any atom is 0.165 e. The minimum Gasteiger partial charge on any atom is -0.507 e. The zero-order valence-corrected chi connectivity index (χ0v) is 20.0. The smallest absolute Gasteiger partial charge is 0.165 e. The van der Waals surface area contributed by atoms with E-state index in [1.165, 1.54) is 11.1 Å². The first-order valence-corrected chi connectivity index (χ1v) is 12.4. The lowest BCUT2D eigenvalue weighted by Crippen LogP contribution is -2.48. The van der Waals surface area contributed by atoms with E-state index < -0.39 is 0 Å². The zero-order chi connectivity index (χ0) is 24.3. The lowest BCUT2D eigenvalue weighted by atomic mass is 9.96. The summed E-state index contributed by atoms with van der Waals surface area (Å²) in [6.07, 6.45) is 0. The predicted octanol–water partition coefficient (Wildman–Crippen LogP) is 5.91. The third-order valence-electron chi connectivity index (χ3n) is 6.94. The molecule has 0 saturated carbocycles. The molecule has 0 aliphatic carbocycles. The maximum absolute atomic E-state index is 10.4. The van der Waals surface area contributed by atoms with Gasteiger partial charge in [-0.2, -0.15) is 0 Å². The van der Waals surface area contributed by atoms with Crippen molar-refractivity contribution in [3.8, 4) is 17.1 Å². The minimum atomic E-state index is 0.192. The van der Waals surface area contributed by atoms with E-state index in [0.717, 1.165) is 42.9 Å². The third kappa shape index (κ3) is 4.30. The number of rotatable bonds is 5. The van der Waals surface area contributed by atoms with Crippen LogP contribution in [0, 0.1) is 0 Å². The first-order valence-electron chi connectivity index (χ1n) is 12.4. The number of piperazine rings is 1. The van der Waals surface area contributed by atoms with Gasteiger partial charge < -0.3 is 10.0 Å². The highest BCUT2D eigenvalue weighted by Gasteiger charge is 2.28. The molecule has 5 heteroatoms. The molecular formula is C31H28N4O. The van der Waals surface area contributed by atoms with Crippen molar-refractivity contribution in [2.24, 2.45) is 0 Å². The first kappa shape index (κ1) is 22.3. The largest absolute Gasteiger partial charge is 0.507 e. The Hall–Kier alpha value is -4.22. The molecule has 1 saturated heterocycles. The Morgan fingerprint density at radius 1 is 0.611 bits per heavy atom. The molecular weight excluding hydrogens is 444 g/mol. The molecule has 36 heavy (non-hydrogen) atoms. The Morgan fingerprint density at radius 3 is 1.86 bits per heavy atom. The van der Waals surface area contributed by atoms with Gasteiger partial charge in [0.1, 0.15) is 11.6 Å². The second-order valence-corrected chi connectivity index (χ2v) is 9.15. The standard InChI is InChI=1S/C31H28N4O/c36-28-18-10-8-16-26(28)30-32-27-17-9-7-15-25(27)31(33-30)35-21-19-34(20-22-35)29(23-11-3-1-4-12-23)24-13-5-2-6-14-24/h1-18,29,36H,19-22H2. The molecule has 0 atom stereocenters. The summed E-state index contributed by atoms with van der Waals surface area (Å²) in [5, 5.41) is 11.5. The molecule has 0 amide bonds. The number of benzene rings is 4. The van der Waals surface area contributed by atoms with Gasteiger partial charge in [0.2, 0.25) is 0 Å². The van der Waals surface area contributed by atoms with Gasteiger partial charge >= 0.3 is 0 Å². The number of nitrogens with zero attached hydrogens (tertiary/aromatic N) is 4. The zero-order valence-electron chi connectivity index (χ0n) is 20.0. The fourth-order valence-corrected chi connectivity index (χ4v) is 5.16. The minimum absolute atomic E-state index is 0.192. The van der Waals surface area contributed by atoms with Crippen LogP contribution in [0.5, 0.6) is 5.75 Å². The van der Waals surface area contributed by atoms with E-state index in [9.17, 15) is 5.11 Å². The number of para-hydroxylation sites is 2. The number of anilines is 1. The van der Waals surface area contributed by atoms with Crippen LogP contribution in [-0.2, 0) is 0 Å². The Bertz CT molecular complexity index is 1420. The van der Waals surface area contributed by atoms with Gasteiger partial charge in [0, 0.05) is 31.6 Å². The van der Waals surface area contributed by atoms with Crippen molar-refractivity contribution in [2.75, 3.05) is 31.1 Å². The van der Waals surface area contributed by atoms with Crippen LogP contribution < -0.4 is 4.90 Å². The van der Waals surface area contributed by atoms with E-state index in [4.69, 9.17) is 9.97 Å². The van der Waals surface area contributed by atoms with Gasteiger partial charge in [0.05, 0.1) is 17.1 Å². The average Bonchev–Trinajstić information content (AvgIpc) is 2.94. The lowest BCUT2D eigenvalue weighted by molar-refractivity contribution is 0.212. The molecule has 5 nitrogen and oxygen atoms in total. The molecule has 1 aliphatic rings. The molecule has 178 valence electrons. The molecule has 1 fully saturated rings. The monoisotopic (exact) mass is 472 g/mol. The molecule has 5 aromatic rings. The SMILES string of the molecule is Oc1ccccc1-c1nc(N2CCN(C(c3ccccc3)c3ccccc3)CC2)c2ccccc2n1. The number of aromatic hydroxyl groups is 1. The van der Waals surface area contributed by atoms with Crippen LogP contribution in [0.2, 0.25) is 0 Å². The highest BCUT2D eigenvalue weighted by Crippen LogP contribution is 2.34. The van der Waals surface area contributed by atoms with Crippen LogP contribution in [0.4, 0.5) is 5.82 Å². The maximum atomic E-state index is 10.4. The van der Waals surface area contributed by atoms with Gasteiger partial charge in [0.15, 0.2) is 5.82 Å². The number of phenols is 1. The summed E-state index contributed by atoms with van der Waals surface area (Å²) in [5.74, 6) is 1.67. The molecule has 4 aromatic carbocycles. The van der Waals surface area contributed by atoms with Crippen molar-refractivity contribution < 1.29 is 5.11 Å². The summed E-state index contributed by atoms with van der Waals surface area (Å²) in [4.78, 5) is 14.7. The quantitative estimate of drug-likeness (QED) is 0.344. The van der Waals surface area contributed by atoms with Gasteiger partial charge in [-0.3, -0.25) is 4.90 Å². The van der Waals surface area contributed by atoms with E-state index in [2.05, 4.69) is 76.5 Å². The van der Waals surface area contributed by atoms with E-state index in [-0.39, 0.29) is 11.8 Å². The third-order valence-corrected chi connectivity index (χ3v) is 6.94. The van der Waals surface area contributed by atoms with Gasteiger partial charge in [0.25, 0.3) is 0 Å². The number of aromatic nitrogens is 2. The molecule has 0 unspecified atom stereocenters. The lowest BCUT2D eigenvalue weighted by Gasteiger charge is -2.40. The highest BCUT2D eigenvalue weighted by molar-refractivity contribution is 5.91. The van der Waals surface area contributed by atoms with Crippen molar-refractivity contribution in [3.63, 3.8) is 0 Å². The second-order valence-electron chi connectivity index (χ2n) is 9.15. The van der Waals surface area contributed by atoms with Gasteiger partial charge in [-0.15, -0.1) is 0 Å². The normalized spacial score (nSPS) is 14.4. The Labute approximate surface area is 211 Å². The fraction of sp³-hybridized carbons (Fsp3) is 0.161. The van der Waals surface area contributed by atoms with E-state index in [0.29, 0.717) is 11.4 Å². The van der Waals surface area contributed by atoms with Crippen molar-refractivity contribution in [1.29, 1.82) is 0 Å². The molecule has 0 spiro atoms. The second kappa shape index (κ2) is 9.80. The molecule has 0 radical (unpaired) electrons. The van der Waals surface area contributed by atoms with Crippen LogP contribution >= 0.6 is 0 Å². The topological polar surface area (TPSA) is 52.5 Å². The summed E-state index contributed by atoms with van der Waals surface area (Å²) in [7, 11) is 0. The number of hydrogen-bond donors (Lipinski definition) is 1. The average molecular weight is 473 g/mol. The molecule has 2 heterocycles. The number of phenolic OH excluding ortho intramolecular Hbond substituents is 1. The summed E-state index contributed by atoms with van der Waals surface area (Å²) >= 11 is 0. The van der Waals surface area contributed by atoms with Crippen LogP contribution in [0.1, 0.15) is 17.2 Å². The fourth-order valence-electron chi connectivity index (χ4n) is 5.16. The molecule has 1 aromatic heterocycles. The van der Waals surface area contributed by atoms with Crippen LogP contribution in [-0.4, -0.2) is 46.2 Å². The molecule has 1 N–H and O–H groups in total. The van der Waals surface area contributed by atoms with Crippen LogP contribution in [0.15, 0.2) is 109 Å². The number of fused-ring (bicyclic) bond motifs is 1. The molecule has 0 bridgehead atoms. The van der Waals surface area contributed by atoms with Crippen LogP contribution in [0.25, 0.3) is 22.3 Å². The summed E-state index contributed by atoms with van der Waals surface area (Å²) in [6.45, 7) is 3.55. The highest BCUT2D eigenvalue weighted by atomic mass is 16.3. The van der Waals surface area contributed by atoms with Crippen molar-refractivity contribution >= 4 is 16.7 Å². The van der Waals surface area contributed by atoms with Crippen molar-refractivity contribution in [3.05, 3.63) is 120 Å². The summed E-state index contributed by atoms with van der Waals surface area (Å²) in [6, 6.07) is 37.1. The van der Waals surface area contributed by atoms with E-state index in [1.54, 1.807) is 6.07 Å². The molecule has 1 aliphatic heterocycles.